The third-order valence-corrected chi connectivity index (χ3v) is 7.99. The van der Waals surface area contributed by atoms with Gasteiger partial charge >= 0.3 is 0 Å². The van der Waals surface area contributed by atoms with Crippen molar-refractivity contribution in [1.29, 1.82) is 0 Å². The maximum atomic E-state index is 12.9. The molecule has 0 saturated carbocycles. The molecule has 11 heteroatoms. The third-order valence-electron chi connectivity index (χ3n) is 4.96. The van der Waals surface area contributed by atoms with Gasteiger partial charge in [-0.3, -0.25) is 9.59 Å². The quantitative estimate of drug-likeness (QED) is 0.455. The molecule has 4 rings (SSSR count). The number of allylic oxidation sites excluding steroid dienone is 2. The van der Waals surface area contributed by atoms with E-state index in [2.05, 4.69) is 10.1 Å². The van der Waals surface area contributed by atoms with E-state index < -0.39 is 16.1 Å². The number of nitrogens with one attached hydrogen (secondary N) is 2. The topological polar surface area (TPSA) is 105 Å². The molecular weight excluding hydrogens is 474 g/mol. The minimum Gasteiger partial charge on any atom is -0.498 e. The van der Waals surface area contributed by atoms with Crippen molar-refractivity contribution < 1.29 is 22.7 Å². The molecule has 2 aromatic rings. The highest BCUT2D eigenvalue weighted by Crippen LogP contribution is 2.38. The van der Waals surface area contributed by atoms with Gasteiger partial charge < -0.3 is 10.1 Å². The van der Waals surface area contributed by atoms with Crippen LogP contribution in [0.5, 0.6) is 0 Å². The van der Waals surface area contributed by atoms with E-state index in [1.165, 1.54) is 25.3 Å². The number of thiophene rings is 1. The summed E-state index contributed by atoms with van der Waals surface area (Å²) < 4.78 is 31.4. The third kappa shape index (κ3) is 4.22. The van der Waals surface area contributed by atoms with Gasteiger partial charge in [-0.2, -0.15) is 0 Å². The first kappa shape index (κ1) is 22.3. The molecule has 1 amide bonds. The molecule has 0 radical (unpaired) electrons. The predicted molar refractivity (Wildman–Crippen MR) is 121 cm³/mol. The zero-order chi connectivity index (χ0) is 22.9. The van der Waals surface area contributed by atoms with Crippen molar-refractivity contribution in [2.45, 2.75) is 16.7 Å². The van der Waals surface area contributed by atoms with Gasteiger partial charge in [0.25, 0.3) is 10.0 Å². The zero-order valence-corrected chi connectivity index (χ0v) is 19.1. The fourth-order valence-electron chi connectivity index (χ4n) is 3.60. The van der Waals surface area contributed by atoms with Gasteiger partial charge in [-0.15, -0.1) is 16.2 Å². The lowest BCUT2D eigenvalue weighted by Gasteiger charge is -2.33. The summed E-state index contributed by atoms with van der Waals surface area (Å²) in [4.78, 5) is 26.8. The fourth-order valence-corrected chi connectivity index (χ4v) is 6.07. The Kier molecular flexibility index (Phi) is 6.20. The fraction of sp³-hybridized carbons (Fsp3) is 0.143. The van der Waals surface area contributed by atoms with Crippen LogP contribution < -0.4 is 10.1 Å². The molecule has 0 spiro atoms. The molecule has 2 N–H and O–H groups in total. The van der Waals surface area contributed by atoms with Crippen LogP contribution in [0.2, 0.25) is 4.34 Å². The molecule has 8 nitrogen and oxygen atoms in total. The van der Waals surface area contributed by atoms with E-state index >= 15 is 0 Å². The highest BCUT2D eigenvalue weighted by Gasteiger charge is 2.34. The van der Waals surface area contributed by atoms with Crippen molar-refractivity contribution in [2.75, 3.05) is 7.11 Å². The monoisotopic (exact) mass is 491 g/mol. The van der Waals surface area contributed by atoms with Gasteiger partial charge in [0, 0.05) is 5.57 Å². The average molecular weight is 492 g/mol. The summed E-state index contributed by atoms with van der Waals surface area (Å²) >= 11 is 6.73. The van der Waals surface area contributed by atoms with Crippen LogP contribution in [0, 0.1) is 0 Å². The summed E-state index contributed by atoms with van der Waals surface area (Å²) in [5, 5.41) is 4.01. The number of nitrogens with zero attached hydrogens (tertiary/aromatic N) is 1. The molecule has 2 aliphatic rings. The van der Waals surface area contributed by atoms with E-state index in [9.17, 15) is 18.0 Å². The Balaban J connectivity index is 1.78. The van der Waals surface area contributed by atoms with Crippen molar-refractivity contribution in [3.8, 4) is 0 Å². The summed E-state index contributed by atoms with van der Waals surface area (Å²) in [6, 6.07) is 9.85. The lowest BCUT2D eigenvalue weighted by Crippen LogP contribution is -2.43. The summed E-state index contributed by atoms with van der Waals surface area (Å²) in [6.07, 6.45) is 5.24. The second-order valence-electron chi connectivity index (χ2n) is 6.91. The van der Waals surface area contributed by atoms with Crippen molar-refractivity contribution in [1.82, 2.24) is 15.2 Å². The van der Waals surface area contributed by atoms with Crippen molar-refractivity contribution in [3.63, 3.8) is 0 Å². The molecule has 1 unspecified atom stereocenters. The number of hydrogen-bond acceptors (Lipinski definition) is 7. The Labute approximate surface area is 193 Å². The van der Waals surface area contributed by atoms with Crippen LogP contribution in [0.25, 0.3) is 6.08 Å². The van der Waals surface area contributed by atoms with Crippen molar-refractivity contribution in [3.05, 3.63) is 81.2 Å². The molecule has 0 saturated heterocycles. The molecule has 1 aliphatic carbocycles. The number of carbonyl (C=O) groups excluding carboxylic acids is 2. The van der Waals surface area contributed by atoms with E-state index in [-0.39, 0.29) is 27.9 Å². The van der Waals surface area contributed by atoms with Gasteiger partial charge in [0.05, 0.1) is 23.9 Å². The average Bonchev–Trinajstić information content (AvgIpc) is 3.24. The van der Waals surface area contributed by atoms with Gasteiger partial charge in [0.2, 0.25) is 6.41 Å². The number of sulfonamides is 1. The number of rotatable bonds is 7. The van der Waals surface area contributed by atoms with Crippen LogP contribution in [0.3, 0.4) is 0 Å². The number of ether oxygens (including phenoxy) is 1. The largest absolute Gasteiger partial charge is 0.498 e. The van der Waals surface area contributed by atoms with Gasteiger partial charge in [-0.25, -0.2) is 13.4 Å². The molecule has 1 aromatic carbocycles. The van der Waals surface area contributed by atoms with Crippen LogP contribution in [0.1, 0.15) is 23.6 Å². The Morgan fingerprint density at radius 2 is 2.06 bits per heavy atom. The van der Waals surface area contributed by atoms with Crippen molar-refractivity contribution in [2.24, 2.45) is 0 Å². The lowest BCUT2D eigenvalue weighted by molar-refractivity contribution is -0.118. The predicted octanol–water partition coefficient (Wildman–Crippen LogP) is 3.13. The number of benzene rings is 1. The standard InChI is InChI=1S/C21H18ClN3O5S2/c1-30-17-11-14(27)10-16(20-15-5-3-2-4-13(15)8-9-23-20)21(17)25(12-26)24-32(28,29)19-7-6-18(22)31-19/h2-10,12,20,23-24H,11H2,1H3. The normalized spacial score (nSPS) is 18.0. The van der Waals surface area contributed by atoms with Crippen molar-refractivity contribution >= 4 is 51.2 Å². The van der Waals surface area contributed by atoms with Crippen LogP contribution in [-0.4, -0.2) is 32.7 Å². The van der Waals surface area contributed by atoms with E-state index in [1.54, 1.807) is 6.20 Å². The van der Waals surface area contributed by atoms with Crippen LogP contribution in [0.4, 0.5) is 0 Å². The minimum atomic E-state index is -4.12. The van der Waals surface area contributed by atoms with Crippen LogP contribution in [-0.2, 0) is 24.3 Å². The lowest BCUT2D eigenvalue weighted by atomic mass is 9.87. The molecular formula is C21H18ClN3O5S2. The number of methoxy groups -OCH3 is 1. The minimum absolute atomic E-state index is 0.0598. The van der Waals surface area contributed by atoms with E-state index in [4.69, 9.17) is 16.3 Å². The number of fused-ring (bicyclic) bond motifs is 1. The van der Waals surface area contributed by atoms with E-state index in [1.807, 2.05) is 30.3 Å². The number of carbonyl (C=O) groups is 2. The summed E-state index contributed by atoms with van der Waals surface area (Å²) in [6.45, 7) is 0. The zero-order valence-electron chi connectivity index (χ0n) is 16.7. The van der Waals surface area contributed by atoms with Crippen LogP contribution in [0.15, 0.2) is 69.9 Å². The number of hydrazine groups is 1. The molecule has 166 valence electrons. The maximum absolute atomic E-state index is 12.9. The second-order valence-corrected chi connectivity index (χ2v) is 10.5. The Morgan fingerprint density at radius 3 is 2.75 bits per heavy atom. The smallest absolute Gasteiger partial charge is 0.267 e. The Hall–Kier alpha value is -2.92. The van der Waals surface area contributed by atoms with Gasteiger partial charge in [-0.1, -0.05) is 35.9 Å². The van der Waals surface area contributed by atoms with E-state index in [0.717, 1.165) is 27.5 Å². The highest BCUT2D eigenvalue weighted by atomic mass is 35.5. The number of hydrogen-bond donors (Lipinski definition) is 2. The SMILES string of the molecule is COC1=C(N(C=O)NS(=O)(=O)c2ccc(Cl)s2)C(C2NC=Cc3ccccc32)=CC(=O)C1. The second kappa shape index (κ2) is 8.91. The molecule has 1 atom stereocenters. The first-order chi connectivity index (χ1) is 15.3. The molecule has 1 aliphatic heterocycles. The van der Waals surface area contributed by atoms with Gasteiger partial charge in [0.15, 0.2) is 5.78 Å². The Bertz CT molecular complexity index is 1280. The molecule has 32 heavy (non-hydrogen) atoms. The maximum Gasteiger partial charge on any atom is 0.267 e. The first-order valence-corrected chi connectivity index (χ1v) is 12.1. The van der Waals surface area contributed by atoms with Crippen LogP contribution >= 0.6 is 22.9 Å². The number of amides is 1. The summed E-state index contributed by atoms with van der Waals surface area (Å²) in [5.41, 5.74) is 2.34. The number of ketones is 1. The number of halogens is 1. The molecule has 1 aromatic heterocycles. The Morgan fingerprint density at radius 1 is 1.28 bits per heavy atom. The summed E-state index contributed by atoms with van der Waals surface area (Å²) in [7, 11) is -2.75. The highest BCUT2D eigenvalue weighted by molar-refractivity contribution is 7.91. The summed E-state index contributed by atoms with van der Waals surface area (Å²) in [5.74, 6) is -0.0616. The first-order valence-electron chi connectivity index (χ1n) is 9.40. The molecule has 0 bridgehead atoms. The molecule has 0 fully saturated rings. The van der Waals surface area contributed by atoms with Gasteiger partial charge in [-0.05, 0) is 41.6 Å². The van der Waals surface area contributed by atoms with Gasteiger partial charge in [0.1, 0.15) is 15.7 Å². The van der Waals surface area contributed by atoms with E-state index in [0.29, 0.717) is 16.3 Å². The molecule has 2 heterocycles.